The molecule has 18 heavy (non-hydrogen) atoms. The van der Waals surface area contributed by atoms with E-state index in [0.717, 1.165) is 25.8 Å². The van der Waals surface area contributed by atoms with Crippen LogP contribution in [0.1, 0.15) is 46.0 Å². The zero-order chi connectivity index (χ0) is 12.8. The molecule has 0 bridgehead atoms. The SMILES string of the molecule is CCNC1CCOCC1CN1CCCCC1CC. The molecule has 0 aromatic carbocycles. The summed E-state index contributed by atoms with van der Waals surface area (Å²) in [4.78, 5) is 2.73. The summed E-state index contributed by atoms with van der Waals surface area (Å²) >= 11 is 0. The lowest BCUT2D eigenvalue weighted by Crippen LogP contribution is -2.50. The van der Waals surface area contributed by atoms with Crippen molar-refractivity contribution in [3.05, 3.63) is 0 Å². The lowest BCUT2D eigenvalue weighted by Gasteiger charge is -2.41. The molecule has 2 heterocycles. The van der Waals surface area contributed by atoms with E-state index in [-0.39, 0.29) is 0 Å². The van der Waals surface area contributed by atoms with Crippen LogP contribution < -0.4 is 5.32 Å². The van der Waals surface area contributed by atoms with E-state index in [0.29, 0.717) is 12.0 Å². The van der Waals surface area contributed by atoms with Gasteiger partial charge in [0, 0.05) is 31.2 Å². The minimum atomic E-state index is 0.670. The van der Waals surface area contributed by atoms with E-state index in [1.54, 1.807) is 0 Å². The van der Waals surface area contributed by atoms with Crippen molar-refractivity contribution in [2.45, 2.75) is 58.0 Å². The Bertz CT molecular complexity index is 233. The van der Waals surface area contributed by atoms with Gasteiger partial charge in [0.25, 0.3) is 0 Å². The van der Waals surface area contributed by atoms with E-state index in [1.807, 2.05) is 0 Å². The Morgan fingerprint density at radius 1 is 1.22 bits per heavy atom. The Hall–Kier alpha value is -0.120. The quantitative estimate of drug-likeness (QED) is 0.814. The number of piperidine rings is 1. The van der Waals surface area contributed by atoms with Gasteiger partial charge in [0.1, 0.15) is 0 Å². The van der Waals surface area contributed by atoms with Gasteiger partial charge in [-0.3, -0.25) is 4.90 Å². The Kier molecular flexibility index (Phi) is 5.93. The molecule has 2 aliphatic heterocycles. The van der Waals surface area contributed by atoms with Crippen molar-refractivity contribution in [2.24, 2.45) is 5.92 Å². The number of hydrogen-bond donors (Lipinski definition) is 1. The molecule has 0 amide bonds. The number of nitrogens with one attached hydrogen (secondary N) is 1. The van der Waals surface area contributed by atoms with Crippen molar-refractivity contribution in [1.82, 2.24) is 10.2 Å². The summed E-state index contributed by atoms with van der Waals surface area (Å²) < 4.78 is 5.70. The number of ether oxygens (including phenoxy) is 1. The van der Waals surface area contributed by atoms with E-state index in [2.05, 4.69) is 24.1 Å². The summed E-state index contributed by atoms with van der Waals surface area (Å²) in [7, 11) is 0. The fraction of sp³-hybridized carbons (Fsp3) is 1.00. The van der Waals surface area contributed by atoms with Gasteiger partial charge in [0.2, 0.25) is 0 Å². The zero-order valence-corrected chi connectivity index (χ0v) is 12.2. The lowest BCUT2D eigenvalue weighted by molar-refractivity contribution is 0.00466. The highest BCUT2D eigenvalue weighted by Crippen LogP contribution is 2.23. The van der Waals surface area contributed by atoms with Crippen LogP contribution in [0.4, 0.5) is 0 Å². The molecule has 3 atom stereocenters. The molecule has 3 heteroatoms. The van der Waals surface area contributed by atoms with Crippen LogP contribution in [0, 0.1) is 5.92 Å². The van der Waals surface area contributed by atoms with Crippen LogP contribution in [0.25, 0.3) is 0 Å². The second kappa shape index (κ2) is 7.46. The molecule has 0 aromatic rings. The maximum atomic E-state index is 5.70. The summed E-state index contributed by atoms with van der Waals surface area (Å²) in [5.41, 5.74) is 0. The summed E-state index contributed by atoms with van der Waals surface area (Å²) in [6.07, 6.45) is 6.70. The van der Waals surface area contributed by atoms with Gasteiger partial charge in [-0.1, -0.05) is 20.3 Å². The third kappa shape index (κ3) is 3.69. The second-order valence-corrected chi connectivity index (χ2v) is 5.84. The summed E-state index contributed by atoms with van der Waals surface area (Å²) in [6.45, 7) is 10.0. The normalized spacial score (nSPS) is 34.7. The van der Waals surface area contributed by atoms with E-state index in [4.69, 9.17) is 4.74 Å². The first-order chi connectivity index (χ1) is 8.85. The molecule has 3 nitrogen and oxygen atoms in total. The van der Waals surface area contributed by atoms with Crippen LogP contribution in [0.2, 0.25) is 0 Å². The van der Waals surface area contributed by atoms with Gasteiger partial charge >= 0.3 is 0 Å². The Morgan fingerprint density at radius 2 is 2.11 bits per heavy atom. The van der Waals surface area contributed by atoms with Crippen molar-refractivity contribution in [2.75, 3.05) is 32.8 Å². The molecule has 3 unspecified atom stereocenters. The highest BCUT2D eigenvalue weighted by atomic mass is 16.5. The number of rotatable bonds is 5. The van der Waals surface area contributed by atoms with Gasteiger partial charge in [-0.25, -0.2) is 0 Å². The first kappa shape index (κ1) is 14.3. The van der Waals surface area contributed by atoms with E-state index >= 15 is 0 Å². The van der Waals surface area contributed by atoms with Crippen molar-refractivity contribution in [1.29, 1.82) is 0 Å². The molecule has 2 aliphatic rings. The van der Waals surface area contributed by atoms with E-state index in [9.17, 15) is 0 Å². The molecule has 0 radical (unpaired) electrons. The van der Waals surface area contributed by atoms with Crippen molar-refractivity contribution in [3.8, 4) is 0 Å². The highest BCUT2D eigenvalue weighted by Gasteiger charge is 2.29. The summed E-state index contributed by atoms with van der Waals surface area (Å²) in [5.74, 6) is 0.686. The van der Waals surface area contributed by atoms with Gasteiger partial charge in [0.05, 0.1) is 6.61 Å². The number of nitrogens with zero attached hydrogens (tertiary/aromatic N) is 1. The Balaban J connectivity index is 1.88. The molecule has 0 saturated carbocycles. The van der Waals surface area contributed by atoms with Crippen LogP contribution >= 0.6 is 0 Å². The van der Waals surface area contributed by atoms with Crippen LogP contribution in [0.15, 0.2) is 0 Å². The topological polar surface area (TPSA) is 24.5 Å². The predicted molar refractivity (Wildman–Crippen MR) is 75.9 cm³/mol. The summed E-state index contributed by atoms with van der Waals surface area (Å²) in [6, 6.07) is 1.49. The zero-order valence-electron chi connectivity index (χ0n) is 12.2. The van der Waals surface area contributed by atoms with Crippen LogP contribution in [-0.2, 0) is 4.74 Å². The Morgan fingerprint density at radius 3 is 2.89 bits per heavy atom. The number of likely N-dealkylation sites (tertiary alicyclic amines) is 1. The number of hydrogen-bond acceptors (Lipinski definition) is 3. The van der Waals surface area contributed by atoms with Crippen molar-refractivity contribution < 1.29 is 4.74 Å². The molecule has 106 valence electrons. The monoisotopic (exact) mass is 254 g/mol. The van der Waals surface area contributed by atoms with Gasteiger partial charge in [0.15, 0.2) is 0 Å². The molecule has 2 rings (SSSR count). The minimum Gasteiger partial charge on any atom is -0.381 e. The summed E-state index contributed by atoms with van der Waals surface area (Å²) in [5, 5.41) is 3.65. The molecule has 2 saturated heterocycles. The fourth-order valence-corrected chi connectivity index (χ4v) is 3.57. The van der Waals surface area contributed by atoms with Crippen LogP contribution in [0.5, 0.6) is 0 Å². The van der Waals surface area contributed by atoms with E-state index < -0.39 is 0 Å². The maximum Gasteiger partial charge on any atom is 0.0521 e. The molecule has 2 fully saturated rings. The highest BCUT2D eigenvalue weighted by molar-refractivity contribution is 4.85. The third-order valence-electron chi connectivity index (χ3n) is 4.63. The average molecular weight is 254 g/mol. The molecule has 0 aromatic heterocycles. The first-order valence-corrected chi connectivity index (χ1v) is 7.90. The molecule has 1 N–H and O–H groups in total. The minimum absolute atomic E-state index is 0.670. The maximum absolute atomic E-state index is 5.70. The molecular formula is C15H30N2O. The smallest absolute Gasteiger partial charge is 0.0521 e. The van der Waals surface area contributed by atoms with Gasteiger partial charge < -0.3 is 10.1 Å². The predicted octanol–water partition coefficient (Wildman–Crippen LogP) is 2.27. The van der Waals surface area contributed by atoms with E-state index in [1.165, 1.54) is 45.2 Å². The van der Waals surface area contributed by atoms with Crippen LogP contribution in [0.3, 0.4) is 0 Å². The second-order valence-electron chi connectivity index (χ2n) is 5.84. The van der Waals surface area contributed by atoms with Crippen molar-refractivity contribution >= 4 is 0 Å². The fourth-order valence-electron chi connectivity index (χ4n) is 3.57. The largest absolute Gasteiger partial charge is 0.381 e. The first-order valence-electron chi connectivity index (χ1n) is 7.90. The van der Waals surface area contributed by atoms with Crippen LogP contribution in [-0.4, -0.2) is 49.8 Å². The Labute approximate surface area is 112 Å². The van der Waals surface area contributed by atoms with Gasteiger partial charge in [-0.15, -0.1) is 0 Å². The lowest BCUT2D eigenvalue weighted by atomic mass is 9.92. The van der Waals surface area contributed by atoms with Crippen molar-refractivity contribution in [3.63, 3.8) is 0 Å². The average Bonchev–Trinajstić information content (AvgIpc) is 2.42. The molecular weight excluding hydrogens is 224 g/mol. The van der Waals surface area contributed by atoms with Gasteiger partial charge in [-0.2, -0.15) is 0 Å². The molecule has 0 aliphatic carbocycles. The van der Waals surface area contributed by atoms with Gasteiger partial charge in [-0.05, 0) is 38.8 Å². The standard InChI is InChI=1S/C15H30N2O/c1-3-14-7-5-6-9-17(14)11-13-12-18-10-8-15(13)16-4-2/h13-16H,3-12H2,1-2H3. The molecule has 0 spiro atoms. The third-order valence-corrected chi connectivity index (χ3v) is 4.63.